The SMILES string of the molecule is O=C1c2ccccc2O[C@H](/C=C/c2ccccc2)[C@H]1O. The summed E-state index contributed by atoms with van der Waals surface area (Å²) in [6, 6.07) is 16.7. The molecule has 0 aliphatic carbocycles. The van der Waals surface area contributed by atoms with Gasteiger partial charge in [-0.2, -0.15) is 0 Å². The van der Waals surface area contributed by atoms with E-state index < -0.39 is 12.2 Å². The lowest BCUT2D eigenvalue weighted by molar-refractivity contribution is 0.0380. The zero-order valence-corrected chi connectivity index (χ0v) is 10.8. The van der Waals surface area contributed by atoms with Crippen LogP contribution in [0.3, 0.4) is 0 Å². The predicted molar refractivity (Wildman–Crippen MR) is 76.7 cm³/mol. The van der Waals surface area contributed by atoms with Gasteiger partial charge in [0.05, 0.1) is 5.56 Å². The van der Waals surface area contributed by atoms with Crippen LogP contribution in [0.2, 0.25) is 0 Å². The highest BCUT2D eigenvalue weighted by Gasteiger charge is 2.33. The van der Waals surface area contributed by atoms with E-state index in [2.05, 4.69) is 0 Å². The van der Waals surface area contributed by atoms with E-state index in [1.807, 2.05) is 42.5 Å². The number of Topliss-reactive ketones (excluding diaryl/α,β-unsaturated/α-hetero) is 1. The molecule has 0 bridgehead atoms. The van der Waals surface area contributed by atoms with Crippen LogP contribution >= 0.6 is 0 Å². The Balaban J connectivity index is 1.86. The molecule has 100 valence electrons. The number of rotatable bonds is 2. The first-order valence-corrected chi connectivity index (χ1v) is 6.47. The van der Waals surface area contributed by atoms with Gasteiger partial charge in [0.25, 0.3) is 0 Å². The topological polar surface area (TPSA) is 46.5 Å². The Morgan fingerprint density at radius 3 is 2.50 bits per heavy atom. The normalized spacial score (nSPS) is 21.6. The number of ketones is 1. The molecule has 0 fully saturated rings. The van der Waals surface area contributed by atoms with Crippen molar-refractivity contribution in [1.29, 1.82) is 0 Å². The average molecular weight is 266 g/mol. The van der Waals surface area contributed by atoms with Crippen molar-refractivity contribution in [2.24, 2.45) is 0 Å². The third-order valence-corrected chi connectivity index (χ3v) is 3.27. The average Bonchev–Trinajstić information content (AvgIpc) is 2.50. The third kappa shape index (κ3) is 2.36. The number of hydrogen-bond acceptors (Lipinski definition) is 3. The number of carbonyl (C=O) groups is 1. The molecule has 1 N–H and O–H groups in total. The Bertz CT molecular complexity index is 646. The summed E-state index contributed by atoms with van der Waals surface area (Å²) >= 11 is 0. The van der Waals surface area contributed by atoms with Crippen molar-refractivity contribution in [3.8, 4) is 5.75 Å². The van der Waals surface area contributed by atoms with Crippen LogP contribution in [0.15, 0.2) is 60.7 Å². The lowest BCUT2D eigenvalue weighted by atomic mass is 9.97. The fourth-order valence-corrected chi connectivity index (χ4v) is 2.21. The van der Waals surface area contributed by atoms with Crippen LogP contribution in [0.1, 0.15) is 15.9 Å². The predicted octanol–water partition coefficient (Wildman–Crippen LogP) is 2.70. The van der Waals surface area contributed by atoms with E-state index in [-0.39, 0.29) is 5.78 Å². The number of carbonyl (C=O) groups excluding carboxylic acids is 1. The van der Waals surface area contributed by atoms with E-state index in [9.17, 15) is 9.90 Å². The summed E-state index contributed by atoms with van der Waals surface area (Å²) in [7, 11) is 0. The summed E-state index contributed by atoms with van der Waals surface area (Å²) < 4.78 is 5.68. The lowest BCUT2D eigenvalue weighted by Gasteiger charge is -2.27. The summed E-state index contributed by atoms with van der Waals surface area (Å²) in [5.41, 5.74) is 1.43. The summed E-state index contributed by atoms with van der Waals surface area (Å²) in [5, 5.41) is 10.0. The first kappa shape index (κ1) is 12.6. The van der Waals surface area contributed by atoms with Crippen LogP contribution in [-0.4, -0.2) is 23.1 Å². The highest BCUT2D eigenvalue weighted by atomic mass is 16.5. The maximum absolute atomic E-state index is 12.1. The van der Waals surface area contributed by atoms with E-state index in [1.54, 1.807) is 24.3 Å². The van der Waals surface area contributed by atoms with Crippen molar-refractivity contribution in [1.82, 2.24) is 0 Å². The maximum atomic E-state index is 12.1. The molecule has 2 aromatic carbocycles. The Labute approximate surface area is 117 Å². The minimum atomic E-state index is -1.16. The molecule has 3 heteroatoms. The largest absolute Gasteiger partial charge is 0.482 e. The van der Waals surface area contributed by atoms with Gasteiger partial charge in [0, 0.05) is 0 Å². The Morgan fingerprint density at radius 2 is 1.70 bits per heavy atom. The van der Waals surface area contributed by atoms with Crippen molar-refractivity contribution in [2.75, 3.05) is 0 Å². The minimum absolute atomic E-state index is 0.297. The third-order valence-electron chi connectivity index (χ3n) is 3.27. The van der Waals surface area contributed by atoms with Crippen LogP contribution in [0.5, 0.6) is 5.75 Å². The second kappa shape index (κ2) is 5.31. The number of benzene rings is 2. The molecule has 1 aliphatic heterocycles. The zero-order valence-electron chi connectivity index (χ0n) is 10.8. The van der Waals surface area contributed by atoms with Gasteiger partial charge in [0.15, 0.2) is 18.0 Å². The molecule has 0 radical (unpaired) electrons. The van der Waals surface area contributed by atoms with Crippen molar-refractivity contribution in [3.63, 3.8) is 0 Å². The molecule has 0 spiro atoms. The summed E-state index contributed by atoms with van der Waals surface area (Å²) in [6.07, 6.45) is 1.74. The monoisotopic (exact) mass is 266 g/mol. The Morgan fingerprint density at radius 1 is 1.00 bits per heavy atom. The van der Waals surface area contributed by atoms with Crippen molar-refractivity contribution in [3.05, 3.63) is 71.8 Å². The van der Waals surface area contributed by atoms with Gasteiger partial charge >= 0.3 is 0 Å². The Kier molecular flexibility index (Phi) is 3.35. The standard InChI is InChI=1S/C17H14O3/c18-16-13-8-4-5-9-14(13)20-15(17(16)19)11-10-12-6-2-1-3-7-12/h1-11,15,17,19H/b11-10+/t15-,17-/m1/s1. The fourth-order valence-electron chi connectivity index (χ4n) is 2.21. The van der Waals surface area contributed by atoms with Crippen LogP contribution in [0, 0.1) is 0 Å². The first-order valence-electron chi connectivity index (χ1n) is 6.47. The van der Waals surface area contributed by atoms with Crippen LogP contribution in [0.4, 0.5) is 0 Å². The number of aliphatic hydroxyl groups excluding tert-OH is 1. The molecule has 0 saturated carbocycles. The second-order valence-electron chi connectivity index (χ2n) is 4.66. The molecular weight excluding hydrogens is 252 g/mol. The minimum Gasteiger partial charge on any atom is -0.482 e. The van der Waals surface area contributed by atoms with Crippen LogP contribution in [0.25, 0.3) is 6.08 Å². The first-order chi connectivity index (χ1) is 9.75. The van der Waals surface area contributed by atoms with Crippen molar-refractivity contribution in [2.45, 2.75) is 12.2 Å². The summed E-state index contributed by atoms with van der Waals surface area (Å²) in [6.45, 7) is 0. The lowest BCUT2D eigenvalue weighted by Crippen LogP contribution is -2.40. The highest BCUT2D eigenvalue weighted by Crippen LogP contribution is 2.28. The number of fused-ring (bicyclic) bond motifs is 1. The van der Waals surface area contributed by atoms with Gasteiger partial charge in [-0.1, -0.05) is 48.5 Å². The Hall–Kier alpha value is -2.39. The van der Waals surface area contributed by atoms with Gasteiger partial charge < -0.3 is 9.84 Å². The van der Waals surface area contributed by atoms with Crippen LogP contribution < -0.4 is 4.74 Å². The van der Waals surface area contributed by atoms with E-state index >= 15 is 0 Å². The maximum Gasteiger partial charge on any atom is 0.199 e. The molecular formula is C17H14O3. The van der Waals surface area contributed by atoms with Crippen LogP contribution in [-0.2, 0) is 0 Å². The van der Waals surface area contributed by atoms with Crippen molar-refractivity contribution < 1.29 is 14.6 Å². The molecule has 3 nitrogen and oxygen atoms in total. The van der Waals surface area contributed by atoms with Gasteiger partial charge in [0.1, 0.15) is 5.75 Å². The number of ether oxygens (including phenoxy) is 1. The molecule has 20 heavy (non-hydrogen) atoms. The van der Waals surface area contributed by atoms with Gasteiger partial charge in [-0.15, -0.1) is 0 Å². The molecule has 1 heterocycles. The second-order valence-corrected chi connectivity index (χ2v) is 4.66. The molecule has 1 aliphatic rings. The molecule has 0 aromatic heterocycles. The summed E-state index contributed by atoms with van der Waals surface area (Å²) in [5.74, 6) is 0.222. The van der Waals surface area contributed by atoms with E-state index in [1.165, 1.54) is 0 Å². The van der Waals surface area contributed by atoms with Gasteiger partial charge in [-0.05, 0) is 23.8 Å². The number of para-hydroxylation sites is 1. The van der Waals surface area contributed by atoms with Gasteiger partial charge in [-0.3, -0.25) is 4.79 Å². The molecule has 0 saturated heterocycles. The fraction of sp³-hybridized carbons (Fsp3) is 0.118. The quantitative estimate of drug-likeness (QED) is 0.909. The highest BCUT2D eigenvalue weighted by molar-refractivity contribution is 6.03. The molecule has 3 rings (SSSR count). The molecule has 0 unspecified atom stereocenters. The smallest absolute Gasteiger partial charge is 0.199 e. The van der Waals surface area contributed by atoms with Crippen molar-refractivity contribution >= 4 is 11.9 Å². The summed E-state index contributed by atoms with van der Waals surface area (Å²) in [4.78, 5) is 12.1. The van der Waals surface area contributed by atoms with E-state index in [0.29, 0.717) is 11.3 Å². The van der Waals surface area contributed by atoms with E-state index in [0.717, 1.165) is 5.56 Å². The zero-order chi connectivity index (χ0) is 13.9. The van der Waals surface area contributed by atoms with Gasteiger partial charge in [0.2, 0.25) is 0 Å². The molecule has 2 aromatic rings. The van der Waals surface area contributed by atoms with E-state index in [4.69, 9.17) is 4.74 Å². The number of aliphatic hydroxyl groups is 1. The van der Waals surface area contributed by atoms with Gasteiger partial charge in [-0.25, -0.2) is 0 Å². The number of hydrogen-bond donors (Lipinski definition) is 1. The molecule has 2 atom stereocenters. The molecule has 0 amide bonds.